The lowest BCUT2D eigenvalue weighted by Gasteiger charge is -2.19. The monoisotopic (exact) mass is 298 g/mol. The molecule has 5 heteroatoms. The highest BCUT2D eigenvalue weighted by Gasteiger charge is 2.22. The molecule has 1 aliphatic heterocycles. The van der Waals surface area contributed by atoms with Crippen molar-refractivity contribution in [3.63, 3.8) is 0 Å². The van der Waals surface area contributed by atoms with Gasteiger partial charge in [-0.2, -0.15) is 0 Å². The molecule has 0 saturated heterocycles. The van der Waals surface area contributed by atoms with Crippen LogP contribution in [0.25, 0.3) is 21.8 Å². The van der Waals surface area contributed by atoms with Gasteiger partial charge < -0.3 is 14.6 Å². The molecule has 1 aromatic heterocycles. The average Bonchev–Trinajstić information content (AvgIpc) is 2.86. The molecule has 3 aromatic rings. The number of halogens is 1. The second-order valence-electron chi connectivity index (χ2n) is 5.38. The maximum absolute atomic E-state index is 12.6. The van der Waals surface area contributed by atoms with Crippen LogP contribution in [-0.4, -0.2) is 23.8 Å². The normalized spacial score (nSPS) is 14.0. The Kier molecular flexibility index (Phi) is 2.99. The molecule has 1 amide bonds. The minimum Gasteiger partial charge on any atom is -0.481 e. The standard InChI is InChI=1S/C17H15FN2O2/c18-8-3-9-20-13-5-2-1-4-11(13)16-14(20)7-6-12-17(16)22-10-15(21)19-12/h1-2,4-7H,3,8-10H2,(H,19,21). The Labute approximate surface area is 126 Å². The Morgan fingerprint density at radius 3 is 2.91 bits per heavy atom. The number of rotatable bonds is 3. The lowest BCUT2D eigenvalue weighted by atomic mass is 10.1. The number of hydrogen-bond donors (Lipinski definition) is 1. The fourth-order valence-corrected chi connectivity index (χ4v) is 3.14. The molecule has 112 valence electrons. The van der Waals surface area contributed by atoms with Crippen molar-refractivity contribution >= 4 is 33.4 Å². The number of carbonyl (C=O) groups excluding carboxylic acids is 1. The maximum Gasteiger partial charge on any atom is 0.262 e. The molecule has 0 radical (unpaired) electrons. The van der Waals surface area contributed by atoms with Gasteiger partial charge in [0.25, 0.3) is 5.91 Å². The third kappa shape index (κ3) is 1.85. The highest BCUT2D eigenvalue weighted by Crippen LogP contribution is 2.41. The highest BCUT2D eigenvalue weighted by atomic mass is 19.1. The summed E-state index contributed by atoms with van der Waals surface area (Å²) in [4.78, 5) is 11.5. The van der Waals surface area contributed by atoms with Gasteiger partial charge >= 0.3 is 0 Å². The van der Waals surface area contributed by atoms with Crippen LogP contribution in [0.5, 0.6) is 5.75 Å². The summed E-state index contributed by atoms with van der Waals surface area (Å²) >= 11 is 0. The molecule has 0 saturated carbocycles. The van der Waals surface area contributed by atoms with Crippen LogP contribution in [-0.2, 0) is 11.3 Å². The van der Waals surface area contributed by atoms with Crippen molar-refractivity contribution in [2.75, 3.05) is 18.6 Å². The highest BCUT2D eigenvalue weighted by molar-refractivity contribution is 6.14. The van der Waals surface area contributed by atoms with Crippen molar-refractivity contribution in [3.05, 3.63) is 36.4 Å². The Morgan fingerprint density at radius 2 is 2.05 bits per heavy atom. The van der Waals surface area contributed by atoms with E-state index in [9.17, 15) is 9.18 Å². The van der Waals surface area contributed by atoms with Crippen molar-refractivity contribution < 1.29 is 13.9 Å². The van der Waals surface area contributed by atoms with Gasteiger partial charge in [0.05, 0.1) is 23.3 Å². The van der Waals surface area contributed by atoms with E-state index < -0.39 is 0 Å². The van der Waals surface area contributed by atoms with Gasteiger partial charge in [0.1, 0.15) is 0 Å². The minimum atomic E-state index is -0.342. The lowest BCUT2D eigenvalue weighted by molar-refractivity contribution is -0.118. The van der Waals surface area contributed by atoms with Crippen LogP contribution in [0.2, 0.25) is 0 Å². The molecule has 2 aromatic carbocycles. The molecular formula is C17H15FN2O2. The first-order chi connectivity index (χ1) is 10.8. The smallest absolute Gasteiger partial charge is 0.262 e. The zero-order valence-electron chi connectivity index (χ0n) is 11.9. The Bertz CT molecular complexity index is 885. The van der Waals surface area contributed by atoms with Gasteiger partial charge in [-0.3, -0.25) is 9.18 Å². The number of aryl methyl sites for hydroxylation is 1. The molecule has 0 bridgehead atoms. The summed E-state index contributed by atoms with van der Waals surface area (Å²) < 4.78 is 20.4. The Morgan fingerprint density at radius 1 is 1.18 bits per heavy atom. The average molecular weight is 298 g/mol. The molecule has 2 heterocycles. The van der Waals surface area contributed by atoms with E-state index >= 15 is 0 Å². The largest absolute Gasteiger partial charge is 0.481 e. The number of carbonyl (C=O) groups is 1. The van der Waals surface area contributed by atoms with Crippen LogP contribution >= 0.6 is 0 Å². The number of fused-ring (bicyclic) bond motifs is 5. The van der Waals surface area contributed by atoms with Gasteiger partial charge in [0.15, 0.2) is 12.4 Å². The van der Waals surface area contributed by atoms with Crippen LogP contribution < -0.4 is 10.1 Å². The number of benzene rings is 2. The first-order valence-electron chi connectivity index (χ1n) is 7.32. The van der Waals surface area contributed by atoms with Crippen LogP contribution in [0.15, 0.2) is 36.4 Å². The third-order valence-corrected chi connectivity index (χ3v) is 4.03. The lowest BCUT2D eigenvalue weighted by Crippen LogP contribution is -2.25. The fraction of sp³-hybridized carbons (Fsp3) is 0.235. The zero-order valence-corrected chi connectivity index (χ0v) is 11.9. The van der Waals surface area contributed by atoms with Crippen molar-refractivity contribution in [2.24, 2.45) is 0 Å². The summed E-state index contributed by atoms with van der Waals surface area (Å²) in [5, 5.41) is 4.87. The van der Waals surface area contributed by atoms with Crippen LogP contribution in [0.4, 0.5) is 10.1 Å². The molecule has 0 aliphatic carbocycles. The molecule has 4 nitrogen and oxygen atoms in total. The summed E-state index contributed by atoms with van der Waals surface area (Å²) in [5.41, 5.74) is 2.75. The van der Waals surface area contributed by atoms with E-state index in [0.717, 1.165) is 21.8 Å². The number of nitrogens with zero attached hydrogens (tertiary/aromatic N) is 1. The van der Waals surface area contributed by atoms with Gasteiger partial charge in [-0.1, -0.05) is 18.2 Å². The molecule has 1 aliphatic rings. The first kappa shape index (κ1) is 13.1. The maximum atomic E-state index is 12.6. The molecule has 4 rings (SSSR count). The molecule has 0 atom stereocenters. The summed E-state index contributed by atoms with van der Waals surface area (Å²) in [7, 11) is 0. The predicted molar refractivity (Wildman–Crippen MR) is 84.2 cm³/mol. The molecule has 22 heavy (non-hydrogen) atoms. The van der Waals surface area contributed by atoms with Gasteiger partial charge in [-0.15, -0.1) is 0 Å². The molecule has 0 spiro atoms. The molecule has 0 unspecified atom stereocenters. The van der Waals surface area contributed by atoms with Crippen LogP contribution in [0, 0.1) is 0 Å². The number of amides is 1. The minimum absolute atomic E-state index is 0.0239. The quantitative estimate of drug-likeness (QED) is 0.804. The van der Waals surface area contributed by atoms with Gasteiger partial charge in [-0.05, 0) is 24.6 Å². The first-order valence-corrected chi connectivity index (χ1v) is 7.32. The summed E-state index contributed by atoms with van der Waals surface area (Å²) in [6, 6.07) is 11.8. The molecular weight excluding hydrogens is 283 g/mol. The summed E-state index contributed by atoms with van der Waals surface area (Å²) in [6.45, 7) is 0.299. The fourth-order valence-electron chi connectivity index (χ4n) is 3.14. The number of nitrogens with one attached hydrogen (secondary N) is 1. The number of anilines is 1. The predicted octanol–water partition coefficient (Wildman–Crippen LogP) is 3.49. The van der Waals surface area contributed by atoms with Crippen molar-refractivity contribution in [2.45, 2.75) is 13.0 Å². The number of hydrogen-bond acceptors (Lipinski definition) is 2. The Hall–Kier alpha value is -2.56. The third-order valence-electron chi connectivity index (χ3n) is 4.03. The van der Waals surface area contributed by atoms with E-state index in [0.29, 0.717) is 24.4 Å². The van der Waals surface area contributed by atoms with E-state index in [4.69, 9.17) is 4.74 Å². The SMILES string of the molecule is O=C1COc2c(ccc3c2c2ccccc2n3CCCF)N1. The summed E-state index contributed by atoms with van der Waals surface area (Å²) in [6.07, 6.45) is 0.475. The molecule has 0 fully saturated rings. The molecule has 1 N–H and O–H groups in total. The van der Waals surface area contributed by atoms with Crippen molar-refractivity contribution in [3.8, 4) is 5.75 Å². The number of ether oxygens (including phenoxy) is 1. The van der Waals surface area contributed by atoms with Gasteiger partial charge in [0.2, 0.25) is 0 Å². The van der Waals surface area contributed by atoms with E-state index in [1.807, 2.05) is 36.4 Å². The van der Waals surface area contributed by atoms with E-state index in [2.05, 4.69) is 9.88 Å². The zero-order chi connectivity index (χ0) is 15.1. The Balaban J connectivity index is 2.04. The van der Waals surface area contributed by atoms with E-state index in [-0.39, 0.29) is 19.2 Å². The number of aromatic nitrogens is 1. The number of alkyl halides is 1. The van der Waals surface area contributed by atoms with Crippen molar-refractivity contribution in [1.29, 1.82) is 0 Å². The van der Waals surface area contributed by atoms with Gasteiger partial charge in [-0.25, -0.2) is 0 Å². The summed E-state index contributed by atoms with van der Waals surface area (Å²) in [5.74, 6) is 0.556. The van der Waals surface area contributed by atoms with Crippen LogP contribution in [0.1, 0.15) is 6.42 Å². The van der Waals surface area contributed by atoms with Gasteiger partial charge in [0, 0.05) is 17.4 Å². The van der Waals surface area contributed by atoms with E-state index in [1.165, 1.54) is 0 Å². The number of para-hydroxylation sites is 1. The van der Waals surface area contributed by atoms with Crippen molar-refractivity contribution in [1.82, 2.24) is 4.57 Å². The second kappa shape index (κ2) is 5.02. The second-order valence-corrected chi connectivity index (χ2v) is 5.38. The topological polar surface area (TPSA) is 43.3 Å². The van der Waals surface area contributed by atoms with E-state index in [1.54, 1.807) is 0 Å². The van der Waals surface area contributed by atoms with Crippen LogP contribution in [0.3, 0.4) is 0 Å².